The van der Waals surface area contributed by atoms with Gasteiger partial charge in [0.15, 0.2) is 23.3 Å². The number of halogens is 1. The first kappa shape index (κ1) is 22.4. The van der Waals surface area contributed by atoms with E-state index in [1.807, 2.05) is 6.92 Å². The van der Waals surface area contributed by atoms with E-state index in [2.05, 4.69) is 10.3 Å². The van der Waals surface area contributed by atoms with Crippen LogP contribution in [0.4, 0.5) is 10.1 Å². The number of amides is 1. The summed E-state index contributed by atoms with van der Waals surface area (Å²) in [5.41, 5.74) is 0.838. The van der Waals surface area contributed by atoms with Gasteiger partial charge in [-0.25, -0.2) is 14.2 Å². The number of nitrogens with one attached hydrogen (secondary N) is 1. The molecule has 31 heavy (non-hydrogen) atoms. The Morgan fingerprint density at radius 3 is 2.68 bits per heavy atom. The number of thioether (sulfide) groups is 1. The molecule has 1 heterocycles. The lowest BCUT2D eigenvalue weighted by molar-refractivity contribution is -0.145. The summed E-state index contributed by atoms with van der Waals surface area (Å²) in [4.78, 5) is 28.4. The van der Waals surface area contributed by atoms with Gasteiger partial charge in [0.05, 0.1) is 18.1 Å². The van der Waals surface area contributed by atoms with Crippen molar-refractivity contribution in [2.24, 2.45) is 4.99 Å². The van der Waals surface area contributed by atoms with Crippen LogP contribution in [0.5, 0.6) is 11.5 Å². The van der Waals surface area contributed by atoms with Gasteiger partial charge in [-0.3, -0.25) is 4.79 Å². The fourth-order valence-electron chi connectivity index (χ4n) is 2.63. The maximum absolute atomic E-state index is 13.8. The van der Waals surface area contributed by atoms with Crippen molar-refractivity contribution >= 4 is 40.6 Å². The number of carbonyl (C=O) groups excluding carboxylic acids is 2. The number of benzene rings is 2. The van der Waals surface area contributed by atoms with E-state index < -0.39 is 11.8 Å². The third-order valence-electron chi connectivity index (χ3n) is 3.94. The zero-order valence-corrected chi connectivity index (χ0v) is 17.8. The molecule has 2 aromatic carbocycles. The van der Waals surface area contributed by atoms with Crippen molar-refractivity contribution < 1.29 is 28.2 Å². The van der Waals surface area contributed by atoms with E-state index in [1.54, 1.807) is 43.3 Å². The molecule has 0 bridgehead atoms. The SMILES string of the molecule is CCOC(=O)COc1ccc(/C=C2\SC(=Nc3ccccc3F)NC2=O)cc1OCC. The van der Waals surface area contributed by atoms with E-state index in [0.29, 0.717) is 33.7 Å². The Labute approximate surface area is 183 Å². The van der Waals surface area contributed by atoms with Crippen LogP contribution < -0.4 is 14.8 Å². The third kappa shape index (κ3) is 6.08. The number of nitrogens with zero attached hydrogens (tertiary/aromatic N) is 1. The van der Waals surface area contributed by atoms with Crippen LogP contribution in [-0.4, -0.2) is 36.9 Å². The first-order valence-electron chi connectivity index (χ1n) is 9.59. The first-order chi connectivity index (χ1) is 15.0. The van der Waals surface area contributed by atoms with Gasteiger partial charge in [-0.05, 0) is 61.5 Å². The van der Waals surface area contributed by atoms with Crippen LogP contribution in [-0.2, 0) is 14.3 Å². The first-order valence-corrected chi connectivity index (χ1v) is 10.4. The van der Waals surface area contributed by atoms with Crippen molar-refractivity contribution in [2.75, 3.05) is 19.8 Å². The fraction of sp³-hybridized carbons (Fsp3) is 0.227. The van der Waals surface area contributed by atoms with Gasteiger partial charge in [0.2, 0.25) is 0 Å². The summed E-state index contributed by atoms with van der Waals surface area (Å²) in [6.45, 7) is 3.98. The zero-order chi connectivity index (χ0) is 22.2. The second-order valence-electron chi connectivity index (χ2n) is 6.17. The minimum atomic E-state index is -0.475. The van der Waals surface area contributed by atoms with E-state index >= 15 is 0 Å². The van der Waals surface area contributed by atoms with Gasteiger partial charge in [0.1, 0.15) is 11.5 Å². The number of para-hydroxylation sites is 1. The van der Waals surface area contributed by atoms with E-state index in [0.717, 1.165) is 11.8 Å². The van der Waals surface area contributed by atoms with Crippen LogP contribution in [0.1, 0.15) is 19.4 Å². The molecular formula is C22H21FN2O5S. The summed E-state index contributed by atoms with van der Waals surface area (Å²) < 4.78 is 29.7. The maximum atomic E-state index is 13.8. The quantitative estimate of drug-likeness (QED) is 0.488. The van der Waals surface area contributed by atoms with Gasteiger partial charge < -0.3 is 19.5 Å². The Balaban J connectivity index is 1.77. The second-order valence-corrected chi connectivity index (χ2v) is 7.20. The molecule has 1 fully saturated rings. The summed E-state index contributed by atoms with van der Waals surface area (Å²) in [7, 11) is 0. The summed E-state index contributed by atoms with van der Waals surface area (Å²) >= 11 is 1.11. The standard InChI is InChI=1S/C22H21FN2O5S/c1-3-28-18-11-14(9-10-17(18)30-13-20(26)29-4-2)12-19-21(27)25-22(31-19)24-16-8-6-5-7-15(16)23/h5-12H,3-4,13H2,1-2H3,(H,24,25,27)/b19-12-. The third-order valence-corrected chi connectivity index (χ3v) is 4.85. The highest BCUT2D eigenvalue weighted by Crippen LogP contribution is 2.32. The molecule has 0 aliphatic carbocycles. The van der Waals surface area contributed by atoms with Crippen molar-refractivity contribution in [1.82, 2.24) is 5.32 Å². The molecular weight excluding hydrogens is 423 g/mol. The van der Waals surface area contributed by atoms with Crippen LogP contribution in [0.25, 0.3) is 6.08 Å². The van der Waals surface area contributed by atoms with Crippen LogP contribution in [0.3, 0.4) is 0 Å². The molecule has 162 valence electrons. The fourth-order valence-corrected chi connectivity index (χ4v) is 3.46. The number of ether oxygens (including phenoxy) is 3. The minimum absolute atomic E-state index is 0.147. The monoisotopic (exact) mass is 444 g/mol. The average molecular weight is 444 g/mol. The van der Waals surface area contributed by atoms with E-state index in [-0.39, 0.29) is 24.8 Å². The molecule has 0 radical (unpaired) electrons. The number of hydrogen-bond donors (Lipinski definition) is 1. The lowest BCUT2D eigenvalue weighted by Crippen LogP contribution is -2.19. The second kappa shape index (κ2) is 10.6. The van der Waals surface area contributed by atoms with Crippen LogP contribution in [0, 0.1) is 5.82 Å². The molecule has 0 atom stereocenters. The molecule has 7 nitrogen and oxygen atoms in total. The number of amidine groups is 1. The van der Waals surface area contributed by atoms with E-state index in [9.17, 15) is 14.0 Å². The largest absolute Gasteiger partial charge is 0.490 e. The Kier molecular flexibility index (Phi) is 7.66. The molecule has 1 amide bonds. The molecule has 0 saturated carbocycles. The van der Waals surface area contributed by atoms with Crippen LogP contribution in [0.2, 0.25) is 0 Å². The lowest BCUT2D eigenvalue weighted by Gasteiger charge is -2.12. The van der Waals surface area contributed by atoms with Gasteiger partial charge >= 0.3 is 5.97 Å². The van der Waals surface area contributed by atoms with Crippen LogP contribution in [0.15, 0.2) is 52.4 Å². The van der Waals surface area contributed by atoms with Gasteiger partial charge in [0, 0.05) is 0 Å². The maximum Gasteiger partial charge on any atom is 0.344 e. The summed E-state index contributed by atoms with van der Waals surface area (Å²) in [5.74, 6) is -0.452. The lowest BCUT2D eigenvalue weighted by atomic mass is 10.2. The normalized spacial score (nSPS) is 15.8. The number of hydrogen-bond acceptors (Lipinski definition) is 7. The highest BCUT2D eigenvalue weighted by molar-refractivity contribution is 8.18. The van der Waals surface area contributed by atoms with Crippen molar-refractivity contribution in [1.29, 1.82) is 0 Å². The van der Waals surface area contributed by atoms with Crippen molar-refractivity contribution in [3.8, 4) is 11.5 Å². The Morgan fingerprint density at radius 2 is 1.94 bits per heavy atom. The number of esters is 1. The van der Waals surface area contributed by atoms with Crippen molar-refractivity contribution in [3.63, 3.8) is 0 Å². The van der Waals surface area contributed by atoms with Gasteiger partial charge in [-0.1, -0.05) is 18.2 Å². The topological polar surface area (TPSA) is 86.2 Å². The Morgan fingerprint density at radius 1 is 1.13 bits per heavy atom. The molecule has 2 aromatic rings. The van der Waals surface area contributed by atoms with Gasteiger partial charge in [-0.15, -0.1) is 0 Å². The van der Waals surface area contributed by atoms with E-state index in [1.165, 1.54) is 12.1 Å². The number of rotatable bonds is 8. The molecule has 0 unspecified atom stereocenters. The van der Waals surface area contributed by atoms with E-state index in [4.69, 9.17) is 14.2 Å². The molecule has 0 spiro atoms. The van der Waals surface area contributed by atoms with Crippen molar-refractivity contribution in [2.45, 2.75) is 13.8 Å². The number of carbonyl (C=O) groups is 2. The highest BCUT2D eigenvalue weighted by atomic mass is 32.2. The van der Waals surface area contributed by atoms with Crippen molar-refractivity contribution in [3.05, 3.63) is 58.8 Å². The highest BCUT2D eigenvalue weighted by Gasteiger charge is 2.24. The molecule has 1 N–H and O–H groups in total. The summed E-state index contributed by atoms with van der Waals surface area (Å²) in [6.07, 6.45) is 1.67. The smallest absolute Gasteiger partial charge is 0.344 e. The molecule has 1 saturated heterocycles. The Hall–Kier alpha value is -3.33. The molecule has 1 aliphatic heterocycles. The predicted octanol–water partition coefficient (Wildman–Crippen LogP) is 4.06. The average Bonchev–Trinajstić information content (AvgIpc) is 3.08. The minimum Gasteiger partial charge on any atom is -0.490 e. The molecule has 1 aliphatic rings. The summed E-state index contributed by atoms with van der Waals surface area (Å²) in [6, 6.07) is 11.2. The predicted molar refractivity (Wildman–Crippen MR) is 117 cm³/mol. The zero-order valence-electron chi connectivity index (χ0n) is 17.0. The van der Waals surface area contributed by atoms with Crippen LogP contribution >= 0.6 is 11.8 Å². The van der Waals surface area contributed by atoms with Gasteiger partial charge in [0.25, 0.3) is 5.91 Å². The summed E-state index contributed by atoms with van der Waals surface area (Å²) in [5, 5.41) is 2.92. The van der Waals surface area contributed by atoms with Gasteiger partial charge in [-0.2, -0.15) is 0 Å². The molecule has 3 rings (SSSR count). The number of aliphatic imine (C=N–C) groups is 1. The molecule has 9 heteroatoms. The molecule has 0 aromatic heterocycles. The Bertz CT molecular complexity index is 1040.